The molecule has 0 spiro atoms. The van der Waals surface area contributed by atoms with E-state index < -0.39 is 0 Å². The monoisotopic (exact) mass is 322 g/mol. The lowest BCUT2D eigenvalue weighted by Crippen LogP contribution is -2.33. The van der Waals surface area contributed by atoms with E-state index in [4.69, 9.17) is 5.73 Å². The predicted molar refractivity (Wildman–Crippen MR) is 73.9 cm³/mol. The van der Waals surface area contributed by atoms with Crippen molar-refractivity contribution in [2.75, 3.05) is 13.1 Å². The number of halogens is 3. The molecule has 0 aliphatic carbocycles. The van der Waals surface area contributed by atoms with Crippen molar-refractivity contribution in [3.8, 4) is 0 Å². The van der Waals surface area contributed by atoms with Gasteiger partial charge in [0.25, 0.3) is 0 Å². The zero-order chi connectivity index (χ0) is 11.5. The van der Waals surface area contributed by atoms with E-state index in [2.05, 4.69) is 21.2 Å². The maximum atomic E-state index is 13.4. The molecule has 1 atom stereocenters. The van der Waals surface area contributed by atoms with E-state index in [1.54, 1.807) is 6.07 Å². The maximum absolute atomic E-state index is 13.4. The Morgan fingerprint density at radius 3 is 2.59 bits per heavy atom. The van der Waals surface area contributed by atoms with Gasteiger partial charge in [0.15, 0.2) is 0 Å². The number of benzene rings is 1. The van der Waals surface area contributed by atoms with E-state index in [0.29, 0.717) is 10.4 Å². The molecule has 5 heteroatoms. The molecule has 1 aliphatic heterocycles. The third-order valence-corrected chi connectivity index (χ3v) is 3.86. The largest absolute Gasteiger partial charge is 0.324 e. The molecule has 1 heterocycles. The minimum absolute atomic E-state index is 0. The van der Waals surface area contributed by atoms with Gasteiger partial charge in [-0.15, -0.1) is 12.4 Å². The number of nitrogens with two attached hydrogens (primary N) is 1. The van der Waals surface area contributed by atoms with Gasteiger partial charge in [0.05, 0.1) is 4.47 Å². The summed E-state index contributed by atoms with van der Waals surface area (Å²) < 4.78 is 13.9. The first-order valence-electron chi connectivity index (χ1n) is 5.59. The van der Waals surface area contributed by atoms with Crippen LogP contribution < -0.4 is 11.1 Å². The SMILES string of the molecule is Cl.N[C@@H](c1ccc(Br)c(F)c1)C1CCNCC1. The Hall–Kier alpha value is -0.160. The van der Waals surface area contributed by atoms with Gasteiger partial charge in [-0.3, -0.25) is 0 Å². The van der Waals surface area contributed by atoms with Gasteiger partial charge < -0.3 is 11.1 Å². The van der Waals surface area contributed by atoms with Crippen LogP contribution in [-0.2, 0) is 0 Å². The topological polar surface area (TPSA) is 38.0 Å². The zero-order valence-corrected chi connectivity index (χ0v) is 11.9. The lowest BCUT2D eigenvalue weighted by Gasteiger charge is -2.28. The van der Waals surface area contributed by atoms with Crippen LogP contribution in [0.4, 0.5) is 4.39 Å². The average Bonchev–Trinajstić information content (AvgIpc) is 2.33. The van der Waals surface area contributed by atoms with Gasteiger partial charge in [-0.05, 0) is 65.5 Å². The van der Waals surface area contributed by atoms with Crippen LogP contribution in [0.3, 0.4) is 0 Å². The zero-order valence-electron chi connectivity index (χ0n) is 9.46. The second-order valence-corrected chi connectivity index (χ2v) is 5.14. The van der Waals surface area contributed by atoms with Crippen molar-refractivity contribution >= 4 is 28.3 Å². The van der Waals surface area contributed by atoms with Crippen LogP contribution >= 0.6 is 28.3 Å². The highest BCUT2D eigenvalue weighted by Crippen LogP contribution is 2.28. The molecular weight excluding hydrogens is 307 g/mol. The van der Waals surface area contributed by atoms with E-state index in [1.165, 1.54) is 6.07 Å². The Morgan fingerprint density at radius 1 is 1.35 bits per heavy atom. The van der Waals surface area contributed by atoms with E-state index in [-0.39, 0.29) is 24.3 Å². The molecule has 0 saturated carbocycles. The first-order chi connectivity index (χ1) is 7.68. The van der Waals surface area contributed by atoms with Crippen LogP contribution in [0.2, 0.25) is 0 Å². The van der Waals surface area contributed by atoms with Gasteiger partial charge in [0.2, 0.25) is 0 Å². The number of hydrogen-bond acceptors (Lipinski definition) is 2. The second-order valence-electron chi connectivity index (χ2n) is 4.29. The second kappa shape index (κ2) is 6.69. The van der Waals surface area contributed by atoms with Crippen LogP contribution in [-0.4, -0.2) is 13.1 Å². The van der Waals surface area contributed by atoms with E-state index >= 15 is 0 Å². The van der Waals surface area contributed by atoms with Crippen LogP contribution in [0.25, 0.3) is 0 Å². The maximum Gasteiger partial charge on any atom is 0.137 e. The molecule has 0 amide bonds. The summed E-state index contributed by atoms with van der Waals surface area (Å²) in [6.07, 6.45) is 2.14. The van der Waals surface area contributed by atoms with Gasteiger partial charge in [-0.2, -0.15) is 0 Å². The van der Waals surface area contributed by atoms with Gasteiger partial charge >= 0.3 is 0 Å². The van der Waals surface area contributed by atoms with Crippen LogP contribution in [0.5, 0.6) is 0 Å². The minimum atomic E-state index is -0.234. The Bertz CT molecular complexity index is 370. The molecular formula is C12H17BrClFN2. The fourth-order valence-electron chi connectivity index (χ4n) is 2.20. The molecule has 96 valence electrons. The minimum Gasteiger partial charge on any atom is -0.324 e. The van der Waals surface area contributed by atoms with Crippen LogP contribution in [0.1, 0.15) is 24.4 Å². The van der Waals surface area contributed by atoms with Crippen molar-refractivity contribution in [1.82, 2.24) is 5.32 Å². The summed E-state index contributed by atoms with van der Waals surface area (Å²) >= 11 is 3.15. The van der Waals surface area contributed by atoms with E-state index in [0.717, 1.165) is 31.5 Å². The predicted octanol–water partition coefficient (Wildman–Crippen LogP) is 3.01. The van der Waals surface area contributed by atoms with Crippen LogP contribution in [0.15, 0.2) is 22.7 Å². The lowest BCUT2D eigenvalue weighted by atomic mass is 9.86. The number of hydrogen-bond donors (Lipinski definition) is 2. The standard InChI is InChI=1S/C12H16BrFN2.ClH/c13-10-2-1-9(7-11(10)14)12(15)8-3-5-16-6-4-8;/h1-2,7-8,12,16H,3-6,15H2;1H/t12-;/m1./s1. The molecule has 1 fully saturated rings. The summed E-state index contributed by atoms with van der Waals surface area (Å²) in [7, 11) is 0. The number of nitrogens with one attached hydrogen (secondary N) is 1. The highest BCUT2D eigenvalue weighted by Gasteiger charge is 2.22. The molecule has 0 bridgehead atoms. The normalized spacial score (nSPS) is 18.5. The smallest absolute Gasteiger partial charge is 0.137 e. The summed E-state index contributed by atoms with van der Waals surface area (Å²) in [5.41, 5.74) is 7.07. The lowest BCUT2D eigenvalue weighted by molar-refractivity contribution is 0.321. The molecule has 2 rings (SSSR count). The Labute approximate surface area is 116 Å². The number of rotatable bonds is 2. The van der Waals surface area contributed by atoms with Crippen molar-refractivity contribution < 1.29 is 4.39 Å². The summed E-state index contributed by atoms with van der Waals surface area (Å²) in [5, 5.41) is 3.30. The highest BCUT2D eigenvalue weighted by atomic mass is 79.9. The van der Waals surface area contributed by atoms with Gasteiger partial charge in [-0.1, -0.05) is 6.07 Å². The molecule has 1 aromatic carbocycles. The quantitative estimate of drug-likeness (QED) is 0.878. The molecule has 17 heavy (non-hydrogen) atoms. The third kappa shape index (κ3) is 3.65. The molecule has 3 N–H and O–H groups in total. The van der Waals surface area contributed by atoms with E-state index in [9.17, 15) is 4.39 Å². The fraction of sp³-hybridized carbons (Fsp3) is 0.500. The molecule has 2 nitrogen and oxygen atoms in total. The van der Waals surface area contributed by atoms with E-state index in [1.807, 2.05) is 6.07 Å². The Kier molecular flexibility index (Phi) is 5.86. The fourth-order valence-corrected chi connectivity index (χ4v) is 2.44. The Morgan fingerprint density at radius 2 is 2.00 bits per heavy atom. The van der Waals surface area contributed by atoms with Crippen molar-refractivity contribution in [3.63, 3.8) is 0 Å². The number of piperidine rings is 1. The first kappa shape index (κ1) is 14.9. The molecule has 0 radical (unpaired) electrons. The van der Waals surface area contributed by atoms with Gasteiger partial charge in [0.1, 0.15) is 5.82 Å². The molecule has 0 unspecified atom stereocenters. The van der Waals surface area contributed by atoms with Gasteiger partial charge in [-0.25, -0.2) is 4.39 Å². The highest BCUT2D eigenvalue weighted by molar-refractivity contribution is 9.10. The third-order valence-electron chi connectivity index (χ3n) is 3.22. The van der Waals surface area contributed by atoms with Crippen LogP contribution in [0, 0.1) is 11.7 Å². The Balaban J connectivity index is 0.00000144. The van der Waals surface area contributed by atoms with Crippen molar-refractivity contribution in [2.24, 2.45) is 11.7 Å². The summed E-state index contributed by atoms with van der Waals surface area (Å²) in [6, 6.07) is 5.12. The average molecular weight is 324 g/mol. The summed E-state index contributed by atoms with van der Waals surface area (Å²) in [4.78, 5) is 0. The first-order valence-corrected chi connectivity index (χ1v) is 6.39. The van der Waals surface area contributed by atoms with Crippen molar-refractivity contribution in [3.05, 3.63) is 34.1 Å². The van der Waals surface area contributed by atoms with Gasteiger partial charge in [0, 0.05) is 6.04 Å². The molecule has 1 saturated heterocycles. The summed E-state index contributed by atoms with van der Waals surface area (Å²) in [6.45, 7) is 2.02. The van der Waals surface area contributed by atoms with Crippen molar-refractivity contribution in [1.29, 1.82) is 0 Å². The molecule has 1 aromatic rings. The molecule has 1 aliphatic rings. The molecule has 0 aromatic heterocycles. The summed E-state index contributed by atoms with van der Waals surface area (Å²) in [5.74, 6) is 0.226. The van der Waals surface area contributed by atoms with Crippen molar-refractivity contribution in [2.45, 2.75) is 18.9 Å².